The monoisotopic (exact) mass is 390 g/mol. The molecule has 1 aromatic heterocycles. The van der Waals surface area contributed by atoms with Crippen LogP contribution < -0.4 is 4.90 Å². The molecule has 2 heterocycles. The largest absolute Gasteiger partial charge is 0.449 e. The molecule has 0 N–H and O–H groups in total. The lowest BCUT2D eigenvalue weighted by atomic mass is 10.1. The molecule has 2 aromatic carbocycles. The third-order valence-corrected chi connectivity index (χ3v) is 5.59. The number of anilines is 2. The second kappa shape index (κ2) is 7.86. The Kier molecular flexibility index (Phi) is 5.12. The number of carbonyl (C=O) groups excluding carboxylic acids is 2. The maximum atomic E-state index is 13.4. The van der Waals surface area contributed by atoms with E-state index in [1.54, 1.807) is 28.8 Å². The number of pyridine rings is 1. The number of fused-ring (bicyclic) bond motifs is 2. The normalized spacial score (nSPS) is 13.2. The van der Waals surface area contributed by atoms with Crippen molar-refractivity contribution in [1.82, 2.24) is 4.98 Å². The van der Waals surface area contributed by atoms with Crippen LogP contribution in [0.4, 0.5) is 11.4 Å². The van der Waals surface area contributed by atoms with E-state index in [4.69, 9.17) is 4.74 Å². The van der Waals surface area contributed by atoms with Crippen LogP contribution in [0.3, 0.4) is 0 Å². The van der Waals surface area contributed by atoms with Gasteiger partial charge in [0.1, 0.15) is 0 Å². The highest BCUT2D eigenvalue weighted by molar-refractivity contribution is 7.99. The van der Waals surface area contributed by atoms with Gasteiger partial charge in [-0.3, -0.25) is 14.7 Å². The first-order valence-corrected chi connectivity index (χ1v) is 9.81. The molecule has 4 rings (SSSR count). The number of ether oxygens (including phenoxy) is 1. The van der Waals surface area contributed by atoms with Gasteiger partial charge in [0.2, 0.25) is 0 Å². The molecule has 0 bridgehead atoms. The van der Waals surface area contributed by atoms with Crippen molar-refractivity contribution in [3.8, 4) is 0 Å². The second-order valence-electron chi connectivity index (χ2n) is 6.25. The molecule has 1 aliphatic rings. The van der Waals surface area contributed by atoms with Crippen LogP contribution in [0.2, 0.25) is 0 Å². The van der Waals surface area contributed by atoms with E-state index in [2.05, 4.69) is 4.98 Å². The summed E-state index contributed by atoms with van der Waals surface area (Å²) in [5.41, 5.74) is 1.97. The van der Waals surface area contributed by atoms with Gasteiger partial charge in [-0.05, 0) is 42.8 Å². The summed E-state index contributed by atoms with van der Waals surface area (Å²) in [7, 11) is 0. The zero-order chi connectivity index (χ0) is 19.5. The van der Waals surface area contributed by atoms with Gasteiger partial charge < -0.3 is 4.74 Å². The fraction of sp³-hybridized carbons (Fsp3) is 0.136. The number of amides is 1. The molecule has 1 aliphatic heterocycles. The van der Waals surface area contributed by atoms with Gasteiger partial charge in [0, 0.05) is 22.2 Å². The minimum atomic E-state index is -0.884. The van der Waals surface area contributed by atoms with Crippen LogP contribution in [0.25, 0.3) is 0 Å². The van der Waals surface area contributed by atoms with Gasteiger partial charge in [-0.2, -0.15) is 0 Å². The Morgan fingerprint density at radius 3 is 2.11 bits per heavy atom. The van der Waals surface area contributed by atoms with E-state index >= 15 is 0 Å². The van der Waals surface area contributed by atoms with Crippen LogP contribution in [-0.4, -0.2) is 23.0 Å². The molecule has 0 fully saturated rings. The van der Waals surface area contributed by atoms with E-state index in [9.17, 15) is 9.59 Å². The highest BCUT2D eigenvalue weighted by Gasteiger charge is 2.33. The predicted molar refractivity (Wildman–Crippen MR) is 108 cm³/mol. The SMILES string of the molecule is CCC(OC(=O)c1ccncc1)C(=O)N1c2ccccc2Sc2ccccc21. The Balaban J connectivity index is 1.67. The van der Waals surface area contributed by atoms with Crippen LogP contribution >= 0.6 is 11.8 Å². The van der Waals surface area contributed by atoms with Crippen molar-refractivity contribution in [3.63, 3.8) is 0 Å². The first-order chi connectivity index (χ1) is 13.7. The number of rotatable bonds is 4. The molecule has 1 atom stereocenters. The highest BCUT2D eigenvalue weighted by Crippen LogP contribution is 2.48. The highest BCUT2D eigenvalue weighted by atomic mass is 32.2. The minimum Gasteiger partial charge on any atom is -0.449 e. The topological polar surface area (TPSA) is 59.5 Å². The van der Waals surface area contributed by atoms with E-state index in [0.717, 1.165) is 21.2 Å². The van der Waals surface area contributed by atoms with E-state index in [0.29, 0.717) is 12.0 Å². The molecule has 28 heavy (non-hydrogen) atoms. The zero-order valence-electron chi connectivity index (χ0n) is 15.2. The van der Waals surface area contributed by atoms with Crippen LogP contribution in [-0.2, 0) is 9.53 Å². The number of para-hydroxylation sites is 2. The smallest absolute Gasteiger partial charge is 0.339 e. The molecule has 0 saturated carbocycles. The fourth-order valence-electron chi connectivity index (χ4n) is 3.08. The molecular weight excluding hydrogens is 372 g/mol. The van der Waals surface area contributed by atoms with E-state index in [-0.39, 0.29) is 5.91 Å². The first kappa shape index (κ1) is 18.3. The number of hydrogen-bond acceptors (Lipinski definition) is 5. The van der Waals surface area contributed by atoms with Crippen LogP contribution in [0.15, 0.2) is 82.8 Å². The number of carbonyl (C=O) groups is 2. The Bertz CT molecular complexity index is 978. The second-order valence-corrected chi connectivity index (χ2v) is 7.33. The summed E-state index contributed by atoms with van der Waals surface area (Å²) in [5.74, 6) is -0.791. The van der Waals surface area contributed by atoms with E-state index in [1.165, 1.54) is 12.4 Å². The summed E-state index contributed by atoms with van der Waals surface area (Å²) < 4.78 is 5.57. The third-order valence-electron chi connectivity index (χ3n) is 4.46. The standard InChI is InChI=1S/C22H18N2O3S/c1-2-18(27-22(26)15-11-13-23-14-12-15)21(25)24-16-7-3-5-9-19(16)28-20-10-6-4-8-17(20)24/h3-14,18H,2H2,1H3. The number of benzene rings is 2. The molecule has 5 nitrogen and oxygen atoms in total. The van der Waals surface area contributed by atoms with Crippen molar-refractivity contribution >= 4 is 35.0 Å². The zero-order valence-corrected chi connectivity index (χ0v) is 16.1. The van der Waals surface area contributed by atoms with Crippen molar-refractivity contribution < 1.29 is 14.3 Å². The fourth-order valence-corrected chi connectivity index (χ4v) is 4.14. The maximum Gasteiger partial charge on any atom is 0.339 e. The summed E-state index contributed by atoms with van der Waals surface area (Å²) in [6.07, 6.45) is 2.54. The number of nitrogens with zero attached hydrogens (tertiary/aromatic N) is 2. The van der Waals surface area contributed by atoms with Crippen LogP contribution in [0, 0.1) is 0 Å². The molecule has 0 saturated heterocycles. The first-order valence-electron chi connectivity index (χ1n) is 9.00. The summed E-state index contributed by atoms with van der Waals surface area (Å²) in [6.45, 7) is 1.83. The lowest BCUT2D eigenvalue weighted by Gasteiger charge is -2.33. The Morgan fingerprint density at radius 2 is 1.54 bits per heavy atom. The molecule has 1 amide bonds. The van der Waals surface area contributed by atoms with Crippen LogP contribution in [0.1, 0.15) is 23.7 Å². The lowest BCUT2D eigenvalue weighted by molar-refractivity contribution is -0.126. The van der Waals surface area contributed by atoms with Crippen molar-refractivity contribution in [3.05, 3.63) is 78.6 Å². The summed E-state index contributed by atoms with van der Waals surface area (Å²) in [4.78, 5) is 33.5. The Morgan fingerprint density at radius 1 is 0.964 bits per heavy atom. The number of aromatic nitrogens is 1. The Labute approximate surface area is 167 Å². The molecule has 6 heteroatoms. The van der Waals surface area contributed by atoms with Gasteiger partial charge in [0.15, 0.2) is 6.10 Å². The van der Waals surface area contributed by atoms with Gasteiger partial charge in [0.05, 0.1) is 16.9 Å². The summed E-state index contributed by atoms with van der Waals surface area (Å²) >= 11 is 1.63. The maximum absolute atomic E-state index is 13.4. The summed E-state index contributed by atoms with van der Waals surface area (Å²) in [5, 5.41) is 0. The average Bonchev–Trinajstić information content (AvgIpc) is 2.75. The van der Waals surface area contributed by atoms with Gasteiger partial charge >= 0.3 is 5.97 Å². The molecule has 140 valence electrons. The average molecular weight is 390 g/mol. The van der Waals surface area contributed by atoms with Gasteiger partial charge in [0.25, 0.3) is 5.91 Å². The molecule has 0 aliphatic carbocycles. The molecule has 0 radical (unpaired) electrons. The van der Waals surface area contributed by atoms with Gasteiger partial charge in [-0.15, -0.1) is 0 Å². The summed E-state index contributed by atoms with van der Waals surface area (Å²) in [6, 6.07) is 18.6. The van der Waals surface area contributed by atoms with E-state index in [1.807, 2.05) is 55.5 Å². The lowest BCUT2D eigenvalue weighted by Crippen LogP contribution is -2.39. The van der Waals surface area contributed by atoms with Crippen molar-refractivity contribution in [1.29, 1.82) is 0 Å². The molecule has 3 aromatic rings. The van der Waals surface area contributed by atoms with E-state index < -0.39 is 12.1 Å². The van der Waals surface area contributed by atoms with Gasteiger partial charge in [-0.25, -0.2) is 4.79 Å². The Hall–Kier alpha value is -3.12. The van der Waals surface area contributed by atoms with Crippen molar-refractivity contribution in [2.75, 3.05) is 4.90 Å². The third kappa shape index (κ3) is 3.39. The molecule has 0 spiro atoms. The molecular formula is C22H18N2O3S. The predicted octanol–water partition coefficient (Wildman–Crippen LogP) is 4.85. The van der Waals surface area contributed by atoms with Crippen molar-refractivity contribution in [2.45, 2.75) is 29.2 Å². The number of hydrogen-bond donors (Lipinski definition) is 0. The van der Waals surface area contributed by atoms with Crippen molar-refractivity contribution in [2.24, 2.45) is 0 Å². The molecule has 1 unspecified atom stereocenters. The van der Waals surface area contributed by atoms with Gasteiger partial charge in [-0.1, -0.05) is 43.0 Å². The quantitative estimate of drug-likeness (QED) is 0.596. The minimum absolute atomic E-state index is 0.259. The number of esters is 1. The van der Waals surface area contributed by atoms with Crippen LogP contribution in [0.5, 0.6) is 0 Å².